The largest absolute Gasteiger partial charge is 0.543 e. The van der Waals surface area contributed by atoms with Gasteiger partial charge in [0.1, 0.15) is 12.0 Å². The Morgan fingerprint density at radius 2 is 1.73 bits per heavy atom. The van der Waals surface area contributed by atoms with Crippen molar-refractivity contribution in [2.75, 3.05) is 6.61 Å². The molecule has 0 spiro atoms. The van der Waals surface area contributed by atoms with Gasteiger partial charge in [-0.05, 0) is 47.8 Å². The molecule has 0 aromatic heterocycles. The van der Waals surface area contributed by atoms with Gasteiger partial charge < -0.3 is 14.1 Å². The Bertz CT molecular complexity index is 906. The van der Waals surface area contributed by atoms with Gasteiger partial charge in [0.15, 0.2) is 0 Å². The van der Waals surface area contributed by atoms with Crippen LogP contribution in [0.25, 0.3) is 0 Å². The number of amides is 1. The van der Waals surface area contributed by atoms with Gasteiger partial charge >= 0.3 is 0 Å². The number of carbonyl (C=O) groups excluding carboxylic acids is 1. The highest BCUT2D eigenvalue weighted by Crippen LogP contribution is 2.44. The predicted octanol–water partition coefficient (Wildman–Crippen LogP) is 5.87. The topological polar surface area (TPSA) is 38.8 Å². The molecule has 2 saturated heterocycles. The fourth-order valence-corrected chi connectivity index (χ4v) is 5.25. The molecular formula is C25H33NO3Si. The molecule has 1 amide bonds. The normalized spacial score (nSPS) is 24.6. The molecule has 2 aromatic carbocycles. The van der Waals surface area contributed by atoms with Gasteiger partial charge in [-0.3, -0.25) is 4.79 Å². The first-order chi connectivity index (χ1) is 14.2. The van der Waals surface area contributed by atoms with Crippen molar-refractivity contribution in [2.24, 2.45) is 0 Å². The van der Waals surface area contributed by atoms with E-state index in [0.717, 1.165) is 17.7 Å². The van der Waals surface area contributed by atoms with Crippen LogP contribution in [-0.4, -0.2) is 32.0 Å². The van der Waals surface area contributed by atoms with Crippen LogP contribution in [0.1, 0.15) is 56.7 Å². The molecule has 30 heavy (non-hydrogen) atoms. The standard InChI is InChI=1S/C25H33NO3Si/c1-25(2,3)30(4,5)29-20-13-9-12-19(16-20)21-14-15-23(27)26-22(17-28-24(21)26)18-10-7-6-8-11-18/h6-13,16,21-22,24H,14-15,17H2,1-5H3/t21-,22+,24-/m0/s1. The third-order valence-corrected chi connectivity index (χ3v) is 11.3. The second-order valence-corrected chi connectivity index (χ2v) is 14.8. The van der Waals surface area contributed by atoms with Crippen LogP contribution in [0, 0.1) is 0 Å². The maximum absolute atomic E-state index is 12.8. The molecule has 0 N–H and O–H groups in total. The minimum atomic E-state index is -1.91. The molecule has 4 nitrogen and oxygen atoms in total. The molecule has 160 valence electrons. The molecule has 0 unspecified atom stereocenters. The predicted molar refractivity (Wildman–Crippen MR) is 122 cm³/mol. The van der Waals surface area contributed by atoms with Gasteiger partial charge in [0, 0.05) is 12.3 Å². The lowest BCUT2D eigenvalue weighted by molar-refractivity contribution is -0.144. The second-order valence-electron chi connectivity index (χ2n) is 10.0. The molecule has 4 rings (SSSR count). The molecule has 5 heteroatoms. The summed E-state index contributed by atoms with van der Waals surface area (Å²) in [5.41, 5.74) is 2.34. The number of fused-ring (bicyclic) bond motifs is 1. The van der Waals surface area contributed by atoms with Gasteiger partial charge in [-0.2, -0.15) is 0 Å². The lowest BCUT2D eigenvalue weighted by Crippen LogP contribution is -2.45. The summed E-state index contributed by atoms with van der Waals surface area (Å²) in [7, 11) is -1.91. The number of rotatable bonds is 4. The highest BCUT2D eigenvalue weighted by Gasteiger charge is 2.46. The Hall–Kier alpha value is -2.11. The molecule has 3 atom stereocenters. The van der Waals surface area contributed by atoms with Crippen molar-refractivity contribution in [1.82, 2.24) is 4.90 Å². The molecule has 2 heterocycles. The third kappa shape index (κ3) is 3.93. The van der Waals surface area contributed by atoms with Crippen molar-refractivity contribution in [2.45, 2.75) is 69.9 Å². The van der Waals surface area contributed by atoms with Crippen LogP contribution in [0.3, 0.4) is 0 Å². The van der Waals surface area contributed by atoms with Crippen LogP contribution in [0.15, 0.2) is 54.6 Å². The molecule has 0 bridgehead atoms. The van der Waals surface area contributed by atoms with Crippen molar-refractivity contribution in [1.29, 1.82) is 0 Å². The Labute approximate surface area is 181 Å². The van der Waals surface area contributed by atoms with Gasteiger partial charge in [-0.15, -0.1) is 0 Å². The molecule has 0 aliphatic carbocycles. The van der Waals surface area contributed by atoms with Crippen LogP contribution in [0.2, 0.25) is 18.1 Å². The molecule has 2 aliphatic heterocycles. The first kappa shape index (κ1) is 21.1. The minimum absolute atomic E-state index is 0.00170. The Kier molecular flexibility index (Phi) is 5.53. The number of benzene rings is 2. The number of piperidine rings is 1. The molecule has 0 saturated carbocycles. The van der Waals surface area contributed by atoms with Crippen LogP contribution in [-0.2, 0) is 9.53 Å². The van der Waals surface area contributed by atoms with E-state index in [1.54, 1.807) is 0 Å². The fourth-order valence-electron chi connectivity index (χ4n) is 4.22. The number of hydrogen-bond donors (Lipinski definition) is 0. The summed E-state index contributed by atoms with van der Waals surface area (Å²) in [4.78, 5) is 14.8. The molecule has 2 fully saturated rings. The smallest absolute Gasteiger partial charge is 0.250 e. The highest BCUT2D eigenvalue weighted by atomic mass is 28.4. The number of hydrogen-bond acceptors (Lipinski definition) is 3. The van der Waals surface area contributed by atoms with Crippen molar-refractivity contribution in [3.8, 4) is 5.75 Å². The van der Waals surface area contributed by atoms with Crippen LogP contribution in [0.4, 0.5) is 0 Å². The maximum Gasteiger partial charge on any atom is 0.250 e. The Morgan fingerprint density at radius 1 is 1.03 bits per heavy atom. The summed E-state index contributed by atoms with van der Waals surface area (Å²) in [5.74, 6) is 1.29. The zero-order valence-electron chi connectivity index (χ0n) is 18.7. The first-order valence-electron chi connectivity index (χ1n) is 10.9. The van der Waals surface area contributed by atoms with Gasteiger partial charge in [0.25, 0.3) is 0 Å². The molecule has 2 aromatic rings. The SMILES string of the molecule is CC(C)(C)[Si](C)(C)Oc1cccc([C@@H]2CCC(=O)N3[C@@H](c4ccccc4)CO[C@@H]23)c1. The lowest BCUT2D eigenvalue weighted by Gasteiger charge is -2.39. The van der Waals surface area contributed by atoms with E-state index in [2.05, 4.69) is 70.3 Å². The molecular weight excluding hydrogens is 390 g/mol. The van der Waals surface area contributed by atoms with E-state index in [4.69, 9.17) is 9.16 Å². The second kappa shape index (κ2) is 7.86. The average Bonchev–Trinajstić information content (AvgIpc) is 3.14. The van der Waals surface area contributed by atoms with E-state index in [-0.39, 0.29) is 29.1 Å². The summed E-state index contributed by atoms with van der Waals surface area (Å²) in [6, 6.07) is 18.7. The van der Waals surface area contributed by atoms with E-state index in [0.29, 0.717) is 13.0 Å². The summed E-state index contributed by atoms with van der Waals surface area (Å²) >= 11 is 0. The van der Waals surface area contributed by atoms with Gasteiger partial charge in [0.2, 0.25) is 14.2 Å². The fraction of sp³-hybridized carbons (Fsp3) is 0.480. The van der Waals surface area contributed by atoms with Crippen molar-refractivity contribution >= 4 is 14.2 Å². The van der Waals surface area contributed by atoms with Crippen molar-refractivity contribution < 1.29 is 14.0 Å². The number of nitrogens with zero attached hydrogens (tertiary/aromatic N) is 1. The zero-order valence-corrected chi connectivity index (χ0v) is 19.7. The van der Waals surface area contributed by atoms with Gasteiger partial charge in [-0.1, -0.05) is 63.2 Å². The van der Waals surface area contributed by atoms with Crippen LogP contribution in [0.5, 0.6) is 5.75 Å². The summed E-state index contributed by atoms with van der Waals surface area (Å²) in [6.45, 7) is 11.9. The first-order valence-corrected chi connectivity index (χ1v) is 13.8. The lowest BCUT2D eigenvalue weighted by atomic mass is 9.87. The Balaban J connectivity index is 1.59. The summed E-state index contributed by atoms with van der Waals surface area (Å²) in [6.07, 6.45) is 1.16. The average molecular weight is 424 g/mol. The monoisotopic (exact) mass is 423 g/mol. The van der Waals surface area contributed by atoms with Crippen molar-refractivity contribution in [3.05, 3.63) is 65.7 Å². The molecule has 0 radical (unpaired) electrons. The number of ether oxygens (including phenoxy) is 1. The summed E-state index contributed by atoms with van der Waals surface area (Å²) in [5, 5.41) is 0.147. The minimum Gasteiger partial charge on any atom is -0.543 e. The van der Waals surface area contributed by atoms with Gasteiger partial charge in [0.05, 0.1) is 12.6 Å². The van der Waals surface area contributed by atoms with E-state index in [9.17, 15) is 4.79 Å². The zero-order chi connectivity index (χ0) is 21.5. The third-order valence-electron chi connectivity index (χ3n) is 6.99. The van der Waals surface area contributed by atoms with Crippen LogP contribution >= 0.6 is 0 Å². The highest BCUT2D eigenvalue weighted by molar-refractivity contribution is 6.74. The van der Waals surface area contributed by atoms with Crippen LogP contribution < -0.4 is 4.43 Å². The van der Waals surface area contributed by atoms with E-state index < -0.39 is 8.32 Å². The number of carbonyl (C=O) groups is 1. The van der Waals surface area contributed by atoms with E-state index in [1.807, 2.05) is 23.1 Å². The summed E-state index contributed by atoms with van der Waals surface area (Å²) < 4.78 is 12.8. The maximum atomic E-state index is 12.8. The van der Waals surface area contributed by atoms with Gasteiger partial charge in [-0.25, -0.2) is 0 Å². The quantitative estimate of drug-likeness (QED) is 0.577. The van der Waals surface area contributed by atoms with Crippen molar-refractivity contribution in [3.63, 3.8) is 0 Å². The van der Waals surface area contributed by atoms with E-state index >= 15 is 0 Å². The van der Waals surface area contributed by atoms with E-state index in [1.165, 1.54) is 5.56 Å². The Morgan fingerprint density at radius 3 is 2.43 bits per heavy atom. The molecule has 2 aliphatic rings.